The van der Waals surface area contributed by atoms with Crippen molar-refractivity contribution in [2.45, 2.75) is 225 Å². The fourth-order valence-corrected chi connectivity index (χ4v) is 5.75. The summed E-state index contributed by atoms with van der Waals surface area (Å²) in [6.45, 7) is 4.55. The summed E-state index contributed by atoms with van der Waals surface area (Å²) in [5.74, 6) is -0.0876. The van der Waals surface area contributed by atoms with E-state index in [2.05, 4.69) is 19.2 Å². The number of unbranched alkanes of at least 4 members (excludes halogenated alkanes) is 26. The summed E-state index contributed by atoms with van der Waals surface area (Å²) >= 11 is 0. The predicted octanol–water partition coefficient (Wildman–Crippen LogP) is 10.9. The summed E-state index contributed by atoms with van der Waals surface area (Å²) in [4.78, 5) is 12.1. The van der Waals surface area contributed by atoms with Crippen molar-refractivity contribution in [1.29, 1.82) is 0 Å². The predicted molar refractivity (Wildman–Crippen MR) is 175 cm³/mol. The summed E-state index contributed by atoms with van der Waals surface area (Å²) in [6, 6.07) is 0. The Hall–Kier alpha value is -0.610. The van der Waals surface area contributed by atoms with Crippen LogP contribution < -0.4 is 5.32 Å². The van der Waals surface area contributed by atoms with Gasteiger partial charge in [0.05, 0.1) is 6.10 Å². The molecule has 0 spiro atoms. The molecule has 2 atom stereocenters. The molecule has 0 aromatic carbocycles. The molecule has 0 fully saturated rings. The van der Waals surface area contributed by atoms with E-state index in [1.807, 2.05) is 0 Å². The van der Waals surface area contributed by atoms with Gasteiger partial charge in [-0.3, -0.25) is 4.79 Å². The van der Waals surface area contributed by atoms with Gasteiger partial charge in [0, 0.05) is 12.8 Å². The van der Waals surface area contributed by atoms with Crippen molar-refractivity contribution in [3.05, 3.63) is 0 Å². The second-order valence-corrected chi connectivity index (χ2v) is 12.7. The molecule has 0 saturated carbocycles. The minimum absolute atomic E-state index is 0.0876. The maximum absolute atomic E-state index is 12.1. The number of amides is 1. The normalized spacial score (nSPS) is 13.0. The maximum Gasteiger partial charge on any atom is 0.221 e. The molecule has 0 aromatic heterocycles. The van der Waals surface area contributed by atoms with Crippen molar-refractivity contribution < 1.29 is 15.0 Å². The fraction of sp³-hybridized carbons (Fsp3) is 0.972. The average molecular weight is 568 g/mol. The van der Waals surface area contributed by atoms with E-state index in [4.69, 9.17) is 0 Å². The van der Waals surface area contributed by atoms with Crippen LogP contribution in [0.3, 0.4) is 0 Å². The molecule has 1 amide bonds. The zero-order valence-corrected chi connectivity index (χ0v) is 27.4. The average Bonchev–Trinajstić information content (AvgIpc) is 2.93. The van der Waals surface area contributed by atoms with Crippen LogP contribution in [0.15, 0.2) is 0 Å². The Balaban J connectivity index is 3.39. The smallest absolute Gasteiger partial charge is 0.221 e. The molecule has 3 N–H and O–H groups in total. The first kappa shape index (κ1) is 39.4. The standard InChI is InChI=1S/C36H73NO3/c1-3-5-7-9-11-13-15-17-18-20-22-24-26-28-30-32-35(39)37-36(40)33-34(38)31-29-27-25-23-21-19-16-14-12-10-8-6-4-2/h34,36,38,40H,3-33H2,1-2H3,(H,37,39). The van der Waals surface area contributed by atoms with E-state index in [0.717, 1.165) is 25.7 Å². The molecule has 0 aromatic rings. The summed E-state index contributed by atoms with van der Waals surface area (Å²) in [5, 5.41) is 23.0. The number of carbonyl (C=O) groups is 1. The van der Waals surface area contributed by atoms with Gasteiger partial charge in [0.15, 0.2) is 0 Å². The first-order valence-electron chi connectivity index (χ1n) is 18.3. The lowest BCUT2D eigenvalue weighted by molar-refractivity contribution is -0.124. The van der Waals surface area contributed by atoms with Crippen LogP contribution >= 0.6 is 0 Å². The van der Waals surface area contributed by atoms with Gasteiger partial charge in [-0.2, -0.15) is 0 Å². The van der Waals surface area contributed by atoms with Gasteiger partial charge in [-0.1, -0.05) is 187 Å². The molecule has 0 heterocycles. The highest BCUT2D eigenvalue weighted by molar-refractivity contribution is 5.75. The zero-order valence-electron chi connectivity index (χ0n) is 27.4. The molecule has 0 saturated heterocycles. The van der Waals surface area contributed by atoms with Crippen LogP contribution in [0.1, 0.15) is 213 Å². The van der Waals surface area contributed by atoms with E-state index in [1.54, 1.807) is 0 Å². The molecule has 0 radical (unpaired) electrons. The van der Waals surface area contributed by atoms with Crippen molar-refractivity contribution in [2.24, 2.45) is 0 Å². The monoisotopic (exact) mass is 568 g/mol. The Kier molecular flexibility index (Phi) is 32.4. The molecule has 0 aliphatic carbocycles. The Morgan fingerprint density at radius 3 is 1.12 bits per heavy atom. The highest BCUT2D eigenvalue weighted by Crippen LogP contribution is 2.15. The Morgan fingerprint density at radius 2 is 0.775 bits per heavy atom. The van der Waals surface area contributed by atoms with Gasteiger partial charge in [-0.05, 0) is 12.8 Å². The van der Waals surface area contributed by atoms with Crippen LogP contribution in [0, 0.1) is 0 Å². The van der Waals surface area contributed by atoms with E-state index in [9.17, 15) is 15.0 Å². The molecule has 0 bridgehead atoms. The first-order chi connectivity index (χ1) is 19.6. The lowest BCUT2D eigenvalue weighted by Gasteiger charge is -2.17. The molecule has 0 aliphatic heterocycles. The van der Waals surface area contributed by atoms with Crippen LogP contribution in [0.25, 0.3) is 0 Å². The number of aliphatic hydroxyl groups excluding tert-OH is 2. The third kappa shape index (κ3) is 31.9. The summed E-state index contributed by atoms with van der Waals surface area (Å²) in [5.41, 5.74) is 0. The van der Waals surface area contributed by atoms with E-state index in [-0.39, 0.29) is 12.3 Å². The van der Waals surface area contributed by atoms with Crippen molar-refractivity contribution in [1.82, 2.24) is 5.32 Å². The topological polar surface area (TPSA) is 69.6 Å². The number of rotatable bonds is 33. The highest BCUT2D eigenvalue weighted by Gasteiger charge is 2.14. The van der Waals surface area contributed by atoms with Crippen molar-refractivity contribution >= 4 is 5.91 Å². The zero-order chi connectivity index (χ0) is 29.4. The lowest BCUT2D eigenvalue weighted by atomic mass is 10.0. The molecule has 4 heteroatoms. The van der Waals surface area contributed by atoms with E-state index in [1.165, 1.54) is 154 Å². The fourth-order valence-electron chi connectivity index (χ4n) is 5.75. The summed E-state index contributed by atoms with van der Waals surface area (Å²) in [7, 11) is 0. The molecular formula is C36H73NO3. The van der Waals surface area contributed by atoms with Crippen molar-refractivity contribution in [3.8, 4) is 0 Å². The number of aliphatic hydroxyl groups is 2. The van der Waals surface area contributed by atoms with Crippen LogP contribution in [-0.2, 0) is 4.79 Å². The minimum atomic E-state index is -0.930. The van der Waals surface area contributed by atoms with E-state index in [0.29, 0.717) is 12.8 Å². The van der Waals surface area contributed by atoms with Gasteiger partial charge in [0.1, 0.15) is 6.23 Å². The van der Waals surface area contributed by atoms with Gasteiger partial charge >= 0.3 is 0 Å². The minimum Gasteiger partial charge on any atom is -0.393 e. The molecule has 2 unspecified atom stereocenters. The number of nitrogens with one attached hydrogen (secondary N) is 1. The van der Waals surface area contributed by atoms with Crippen LogP contribution in [0.2, 0.25) is 0 Å². The second kappa shape index (κ2) is 32.9. The number of hydrogen-bond acceptors (Lipinski definition) is 3. The van der Waals surface area contributed by atoms with E-state index >= 15 is 0 Å². The van der Waals surface area contributed by atoms with Crippen LogP contribution in [0.4, 0.5) is 0 Å². The third-order valence-electron chi connectivity index (χ3n) is 8.47. The third-order valence-corrected chi connectivity index (χ3v) is 8.47. The second-order valence-electron chi connectivity index (χ2n) is 12.7. The molecule has 4 nitrogen and oxygen atoms in total. The Morgan fingerprint density at radius 1 is 0.475 bits per heavy atom. The maximum atomic E-state index is 12.1. The van der Waals surface area contributed by atoms with Crippen LogP contribution in [-0.4, -0.2) is 28.5 Å². The Bertz CT molecular complexity index is 498. The van der Waals surface area contributed by atoms with Crippen molar-refractivity contribution in [2.75, 3.05) is 0 Å². The summed E-state index contributed by atoms with van der Waals surface area (Å²) in [6.07, 6.45) is 36.8. The first-order valence-corrected chi connectivity index (χ1v) is 18.3. The number of carbonyl (C=O) groups excluding carboxylic acids is 1. The summed E-state index contributed by atoms with van der Waals surface area (Å²) < 4.78 is 0. The SMILES string of the molecule is CCCCCCCCCCCCCCCCCC(=O)NC(O)CC(O)CCCCCCCCCCCCCCC. The molecular weight excluding hydrogens is 494 g/mol. The quantitative estimate of drug-likeness (QED) is 0.0545. The van der Waals surface area contributed by atoms with Crippen LogP contribution in [0.5, 0.6) is 0 Å². The molecule has 0 rings (SSSR count). The van der Waals surface area contributed by atoms with E-state index < -0.39 is 12.3 Å². The largest absolute Gasteiger partial charge is 0.393 e. The van der Waals surface area contributed by atoms with Crippen molar-refractivity contribution in [3.63, 3.8) is 0 Å². The lowest BCUT2D eigenvalue weighted by Crippen LogP contribution is -2.37. The molecule has 40 heavy (non-hydrogen) atoms. The van der Waals surface area contributed by atoms with Gasteiger partial charge in [-0.15, -0.1) is 0 Å². The van der Waals surface area contributed by atoms with Gasteiger partial charge < -0.3 is 15.5 Å². The molecule has 240 valence electrons. The van der Waals surface area contributed by atoms with Gasteiger partial charge in [0.2, 0.25) is 5.91 Å². The molecule has 0 aliphatic rings. The Labute approximate surface area is 251 Å². The highest BCUT2D eigenvalue weighted by atomic mass is 16.3. The van der Waals surface area contributed by atoms with Gasteiger partial charge in [0.25, 0.3) is 0 Å². The van der Waals surface area contributed by atoms with Gasteiger partial charge in [-0.25, -0.2) is 0 Å². The number of hydrogen-bond donors (Lipinski definition) is 3.